The number of aliphatic hydroxyl groups is 1. The van der Waals surface area contributed by atoms with E-state index in [9.17, 15) is 5.11 Å². The van der Waals surface area contributed by atoms with Gasteiger partial charge in [0.05, 0.1) is 13.2 Å². The van der Waals surface area contributed by atoms with Crippen molar-refractivity contribution in [3.05, 3.63) is 23.4 Å². The molecule has 0 amide bonds. The Bertz CT molecular complexity index is 271. The molecule has 1 rings (SSSR count). The summed E-state index contributed by atoms with van der Waals surface area (Å²) in [5, 5.41) is 9.29. The largest absolute Gasteiger partial charge is 0.481 e. The normalized spacial score (nSPS) is 12.7. The lowest BCUT2D eigenvalue weighted by molar-refractivity contribution is 0.198. The second-order valence-corrected chi connectivity index (χ2v) is 2.70. The minimum atomic E-state index is -0.469. The van der Waals surface area contributed by atoms with Crippen LogP contribution in [0.15, 0.2) is 12.1 Å². The fourth-order valence-corrected chi connectivity index (χ4v) is 1.10. The van der Waals surface area contributed by atoms with Gasteiger partial charge >= 0.3 is 0 Å². The molecule has 1 N–H and O–H groups in total. The van der Waals surface area contributed by atoms with E-state index in [-0.39, 0.29) is 0 Å². The first-order valence-electron chi connectivity index (χ1n) is 3.84. The van der Waals surface area contributed by atoms with Gasteiger partial charge in [-0.05, 0) is 19.9 Å². The van der Waals surface area contributed by atoms with Gasteiger partial charge in [0.25, 0.3) is 0 Å². The average Bonchev–Trinajstić information content (AvgIpc) is 2.03. The Balaban J connectivity index is 3.03. The van der Waals surface area contributed by atoms with E-state index in [1.54, 1.807) is 20.1 Å². The Kier molecular flexibility index (Phi) is 2.65. The van der Waals surface area contributed by atoms with E-state index in [2.05, 4.69) is 4.98 Å². The molecule has 0 aliphatic carbocycles. The zero-order valence-electron chi connectivity index (χ0n) is 7.53. The van der Waals surface area contributed by atoms with Gasteiger partial charge in [-0.2, -0.15) is 0 Å². The predicted octanol–water partition coefficient (Wildman–Crippen LogP) is 1.45. The molecule has 1 atom stereocenters. The van der Waals surface area contributed by atoms with Gasteiger partial charge in [0.15, 0.2) is 0 Å². The van der Waals surface area contributed by atoms with Crippen molar-refractivity contribution in [2.45, 2.75) is 20.0 Å². The fourth-order valence-electron chi connectivity index (χ4n) is 1.10. The van der Waals surface area contributed by atoms with Crippen LogP contribution in [0.25, 0.3) is 0 Å². The lowest BCUT2D eigenvalue weighted by Gasteiger charge is -2.08. The number of aryl methyl sites for hydroxylation is 1. The number of methoxy groups -OCH3 is 1. The number of pyridine rings is 1. The molecule has 0 saturated carbocycles. The molecule has 1 aromatic rings. The quantitative estimate of drug-likeness (QED) is 0.725. The van der Waals surface area contributed by atoms with Gasteiger partial charge in [-0.15, -0.1) is 0 Å². The molecule has 0 aromatic carbocycles. The van der Waals surface area contributed by atoms with Gasteiger partial charge in [0, 0.05) is 17.3 Å². The maximum Gasteiger partial charge on any atom is 0.213 e. The Labute approximate surface area is 72.0 Å². The van der Waals surface area contributed by atoms with Crippen LogP contribution in [0.3, 0.4) is 0 Å². The maximum absolute atomic E-state index is 9.29. The fraction of sp³-hybridized carbons (Fsp3) is 0.444. The lowest BCUT2D eigenvalue weighted by Crippen LogP contribution is -1.98. The molecule has 0 saturated heterocycles. The Hall–Kier alpha value is -1.09. The molecule has 1 heterocycles. The van der Waals surface area contributed by atoms with Crippen molar-refractivity contribution in [2.75, 3.05) is 7.11 Å². The number of hydrogen-bond donors (Lipinski definition) is 1. The van der Waals surface area contributed by atoms with Crippen LogP contribution in [0.5, 0.6) is 5.88 Å². The van der Waals surface area contributed by atoms with Crippen molar-refractivity contribution in [3.63, 3.8) is 0 Å². The highest BCUT2D eigenvalue weighted by Gasteiger charge is 2.06. The summed E-state index contributed by atoms with van der Waals surface area (Å²) in [6.07, 6.45) is -0.469. The molecule has 0 spiro atoms. The SMILES string of the molecule is COc1ccc([C@@H](C)O)c(C)n1. The van der Waals surface area contributed by atoms with E-state index < -0.39 is 6.10 Å². The number of aliphatic hydroxyl groups excluding tert-OH is 1. The van der Waals surface area contributed by atoms with E-state index >= 15 is 0 Å². The first-order chi connectivity index (χ1) is 5.65. The van der Waals surface area contributed by atoms with Crippen molar-refractivity contribution < 1.29 is 9.84 Å². The summed E-state index contributed by atoms with van der Waals surface area (Å²) in [5.74, 6) is 0.580. The maximum atomic E-state index is 9.29. The van der Waals surface area contributed by atoms with Crippen LogP contribution in [-0.2, 0) is 0 Å². The monoisotopic (exact) mass is 167 g/mol. The average molecular weight is 167 g/mol. The van der Waals surface area contributed by atoms with Crippen LogP contribution in [0.1, 0.15) is 24.3 Å². The Morgan fingerprint density at radius 1 is 1.50 bits per heavy atom. The summed E-state index contributed by atoms with van der Waals surface area (Å²) in [5.41, 5.74) is 1.65. The minimum absolute atomic E-state index is 0.469. The second kappa shape index (κ2) is 3.54. The lowest BCUT2D eigenvalue weighted by atomic mass is 10.1. The summed E-state index contributed by atoms with van der Waals surface area (Å²) in [6.45, 7) is 3.57. The molecule has 0 aliphatic rings. The van der Waals surface area contributed by atoms with E-state index in [0.717, 1.165) is 11.3 Å². The number of aromatic nitrogens is 1. The molecule has 0 radical (unpaired) electrons. The molecule has 3 heteroatoms. The zero-order chi connectivity index (χ0) is 9.14. The van der Waals surface area contributed by atoms with Crippen LogP contribution in [0.4, 0.5) is 0 Å². The van der Waals surface area contributed by atoms with Crippen LogP contribution >= 0.6 is 0 Å². The molecule has 3 nitrogen and oxygen atoms in total. The summed E-state index contributed by atoms with van der Waals surface area (Å²) < 4.78 is 4.94. The van der Waals surface area contributed by atoms with Crippen molar-refractivity contribution in [3.8, 4) is 5.88 Å². The first-order valence-corrected chi connectivity index (χ1v) is 3.84. The van der Waals surface area contributed by atoms with Gasteiger partial charge in [0.2, 0.25) is 5.88 Å². The number of rotatable bonds is 2. The molecule has 66 valence electrons. The third kappa shape index (κ3) is 1.74. The molecule has 0 aliphatic heterocycles. The third-order valence-electron chi connectivity index (χ3n) is 1.76. The van der Waals surface area contributed by atoms with Gasteiger partial charge in [-0.1, -0.05) is 0 Å². The molecule has 12 heavy (non-hydrogen) atoms. The Morgan fingerprint density at radius 3 is 2.58 bits per heavy atom. The Morgan fingerprint density at radius 2 is 2.17 bits per heavy atom. The number of nitrogens with zero attached hydrogens (tertiary/aromatic N) is 1. The zero-order valence-corrected chi connectivity index (χ0v) is 7.53. The van der Waals surface area contributed by atoms with E-state index in [1.165, 1.54) is 0 Å². The molecule has 0 bridgehead atoms. The van der Waals surface area contributed by atoms with Crippen molar-refractivity contribution in [1.82, 2.24) is 4.98 Å². The third-order valence-corrected chi connectivity index (χ3v) is 1.76. The predicted molar refractivity (Wildman–Crippen MR) is 46.2 cm³/mol. The topological polar surface area (TPSA) is 42.4 Å². The van der Waals surface area contributed by atoms with Gasteiger partial charge in [-0.25, -0.2) is 4.98 Å². The number of ether oxygens (including phenoxy) is 1. The van der Waals surface area contributed by atoms with Crippen LogP contribution in [-0.4, -0.2) is 17.2 Å². The summed E-state index contributed by atoms with van der Waals surface area (Å²) in [7, 11) is 1.57. The van der Waals surface area contributed by atoms with Gasteiger partial charge in [0.1, 0.15) is 0 Å². The molecule has 0 fully saturated rings. The smallest absolute Gasteiger partial charge is 0.213 e. The van der Waals surface area contributed by atoms with E-state index in [0.29, 0.717) is 5.88 Å². The highest BCUT2D eigenvalue weighted by atomic mass is 16.5. The van der Waals surface area contributed by atoms with Crippen molar-refractivity contribution in [1.29, 1.82) is 0 Å². The van der Waals surface area contributed by atoms with Gasteiger partial charge in [-0.3, -0.25) is 0 Å². The summed E-state index contributed by atoms with van der Waals surface area (Å²) >= 11 is 0. The molecular weight excluding hydrogens is 154 g/mol. The van der Waals surface area contributed by atoms with Crippen LogP contribution < -0.4 is 4.74 Å². The highest BCUT2D eigenvalue weighted by molar-refractivity contribution is 5.26. The van der Waals surface area contributed by atoms with Crippen molar-refractivity contribution in [2.24, 2.45) is 0 Å². The van der Waals surface area contributed by atoms with Crippen LogP contribution in [0, 0.1) is 6.92 Å². The van der Waals surface area contributed by atoms with Crippen LogP contribution in [0.2, 0.25) is 0 Å². The minimum Gasteiger partial charge on any atom is -0.481 e. The summed E-state index contributed by atoms with van der Waals surface area (Å²) in [6, 6.07) is 3.57. The first kappa shape index (κ1) is 9.00. The van der Waals surface area contributed by atoms with E-state index in [1.807, 2.05) is 13.0 Å². The number of hydrogen-bond acceptors (Lipinski definition) is 3. The second-order valence-electron chi connectivity index (χ2n) is 2.70. The van der Waals surface area contributed by atoms with Crippen molar-refractivity contribution >= 4 is 0 Å². The summed E-state index contributed by atoms with van der Waals surface area (Å²) in [4.78, 5) is 4.13. The standard InChI is InChI=1S/C9H13NO2/c1-6-8(7(2)11)4-5-9(10-6)12-3/h4-5,7,11H,1-3H3/t7-/m1/s1. The van der Waals surface area contributed by atoms with Gasteiger partial charge < -0.3 is 9.84 Å². The molecular formula is C9H13NO2. The highest BCUT2D eigenvalue weighted by Crippen LogP contribution is 2.18. The molecule has 0 unspecified atom stereocenters. The van der Waals surface area contributed by atoms with E-state index in [4.69, 9.17) is 4.74 Å². The molecule has 1 aromatic heterocycles.